The van der Waals surface area contributed by atoms with Gasteiger partial charge in [-0.2, -0.15) is 0 Å². The van der Waals surface area contributed by atoms with Gasteiger partial charge in [0.2, 0.25) is 5.91 Å². The molecule has 0 unspecified atom stereocenters. The van der Waals surface area contributed by atoms with Crippen LogP contribution in [0, 0.1) is 0 Å². The summed E-state index contributed by atoms with van der Waals surface area (Å²) in [7, 11) is 0. The number of aromatic nitrogens is 3. The first kappa shape index (κ1) is 15.0. The Kier molecular flexibility index (Phi) is 3.83. The van der Waals surface area contributed by atoms with E-state index in [1.165, 1.54) is 11.3 Å². The number of rotatable bonds is 3. The number of morpholine rings is 1. The Hall–Kier alpha value is -2.58. The Morgan fingerprint density at radius 3 is 2.79 bits per heavy atom. The average molecular weight is 341 g/mol. The third kappa shape index (κ3) is 2.59. The lowest BCUT2D eigenvalue weighted by Crippen LogP contribution is -2.37. The monoisotopic (exact) mass is 341 g/mol. The van der Waals surface area contributed by atoms with Gasteiger partial charge in [0, 0.05) is 24.7 Å². The number of primary amides is 1. The van der Waals surface area contributed by atoms with Crippen LogP contribution in [0.1, 0.15) is 10.4 Å². The van der Waals surface area contributed by atoms with Gasteiger partial charge >= 0.3 is 0 Å². The Balaban J connectivity index is 1.93. The SMILES string of the molecule is NC(=O)c1csc2nc(-c3ccccn3)nc(N3CCOCC3)c12. The maximum absolute atomic E-state index is 11.8. The van der Waals surface area contributed by atoms with Gasteiger partial charge in [-0.15, -0.1) is 11.3 Å². The second-order valence-electron chi connectivity index (χ2n) is 5.38. The second-order valence-corrected chi connectivity index (χ2v) is 6.24. The van der Waals surface area contributed by atoms with Crippen molar-refractivity contribution in [1.29, 1.82) is 0 Å². The standard InChI is InChI=1S/C16H15N5O2S/c17-13(22)10-9-24-16-12(10)15(21-5-7-23-8-6-21)19-14(20-16)11-3-1-2-4-18-11/h1-4,9H,5-8H2,(H2,17,22). The number of hydrogen-bond acceptors (Lipinski definition) is 7. The molecule has 0 saturated carbocycles. The van der Waals surface area contributed by atoms with E-state index in [2.05, 4.69) is 14.9 Å². The van der Waals surface area contributed by atoms with E-state index < -0.39 is 5.91 Å². The third-order valence-electron chi connectivity index (χ3n) is 3.88. The molecule has 0 aliphatic carbocycles. The largest absolute Gasteiger partial charge is 0.378 e. The topological polar surface area (TPSA) is 94.2 Å². The number of thiophene rings is 1. The number of nitrogens with zero attached hydrogens (tertiary/aromatic N) is 4. The third-order valence-corrected chi connectivity index (χ3v) is 4.76. The zero-order valence-corrected chi connectivity index (χ0v) is 13.6. The van der Waals surface area contributed by atoms with Gasteiger partial charge in [-0.05, 0) is 12.1 Å². The molecule has 0 atom stereocenters. The van der Waals surface area contributed by atoms with Crippen LogP contribution in [0.4, 0.5) is 5.82 Å². The Bertz CT molecular complexity index is 890. The molecule has 1 fully saturated rings. The fraction of sp³-hybridized carbons (Fsp3) is 0.250. The summed E-state index contributed by atoms with van der Waals surface area (Å²) in [5, 5.41) is 2.46. The number of carbonyl (C=O) groups is 1. The van der Waals surface area contributed by atoms with Gasteiger partial charge in [-0.25, -0.2) is 9.97 Å². The molecule has 1 aliphatic heterocycles. The minimum absolute atomic E-state index is 0.462. The predicted octanol–water partition coefficient (Wildman–Crippen LogP) is 1.69. The molecule has 1 amide bonds. The van der Waals surface area contributed by atoms with E-state index in [0.29, 0.717) is 48.8 Å². The van der Waals surface area contributed by atoms with Crippen molar-refractivity contribution < 1.29 is 9.53 Å². The van der Waals surface area contributed by atoms with Crippen LogP contribution in [-0.4, -0.2) is 47.2 Å². The highest BCUT2D eigenvalue weighted by molar-refractivity contribution is 7.17. The minimum Gasteiger partial charge on any atom is -0.378 e. The Morgan fingerprint density at radius 2 is 2.08 bits per heavy atom. The molecule has 122 valence electrons. The summed E-state index contributed by atoms with van der Waals surface area (Å²) in [6.07, 6.45) is 1.71. The number of fused-ring (bicyclic) bond motifs is 1. The lowest BCUT2D eigenvalue weighted by Gasteiger charge is -2.28. The zero-order chi connectivity index (χ0) is 16.5. The quantitative estimate of drug-likeness (QED) is 0.779. The molecule has 4 heterocycles. The molecular weight excluding hydrogens is 326 g/mol. The van der Waals surface area contributed by atoms with Gasteiger partial charge in [0.1, 0.15) is 16.3 Å². The molecule has 4 rings (SSSR count). The van der Waals surface area contributed by atoms with E-state index in [0.717, 1.165) is 10.6 Å². The van der Waals surface area contributed by atoms with Crippen molar-refractivity contribution in [3.63, 3.8) is 0 Å². The highest BCUT2D eigenvalue weighted by atomic mass is 32.1. The molecule has 0 aromatic carbocycles. The second kappa shape index (κ2) is 6.14. The fourth-order valence-electron chi connectivity index (χ4n) is 2.72. The van der Waals surface area contributed by atoms with Gasteiger partial charge in [0.05, 0.1) is 24.2 Å². The highest BCUT2D eigenvalue weighted by Crippen LogP contribution is 2.34. The first-order valence-electron chi connectivity index (χ1n) is 7.57. The number of nitrogens with two attached hydrogens (primary N) is 1. The summed E-state index contributed by atoms with van der Waals surface area (Å²) in [6.45, 7) is 2.67. The molecular formula is C16H15N5O2S. The van der Waals surface area contributed by atoms with Gasteiger partial charge in [-0.3, -0.25) is 9.78 Å². The summed E-state index contributed by atoms with van der Waals surface area (Å²) >= 11 is 1.39. The van der Waals surface area contributed by atoms with Gasteiger partial charge in [0.15, 0.2) is 5.82 Å². The van der Waals surface area contributed by atoms with Crippen molar-refractivity contribution in [3.05, 3.63) is 35.3 Å². The predicted molar refractivity (Wildman–Crippen MR) is 92.2 cm³/mol. The van der Waals surface area contributed by atoms with Crippen molar-refractivity contribution >= 4 is 33.3 Å². The first-order chi connectivity index (χ1) is 11.7. The zero-order valence-electron chi connectivity index (χ0n) is 12.8. The van der Waals surface area contributed by atoms with Crippen molar-refractivity contribution in [2.24, 2.45) is 5.73 Å². The summed E-state index contributed by atoms with van der Waals surface area (Å²) in [5.41, 5.74) is 6.69. The molecule has 0 bridgehead atoms. The molecule has 3 aromatic rings. The highest BCUT2D eigenvalue weighted by Gasteiger charge is 2.23. The molecule has 8 heteroatoms. The van der Waals surface area contributed by atoms with Crippen molar-refractivity contribution in [3.8, 4) is 11.5 Å². The number of anilines is 1. The molecule has 1 saturated heterocycles. The van der Waals surface area contributed by atoms with Crippen LogP contribution in [-0.2, 0) is 4.74 Å². The van der Waals surface area contributed by atoms with Gasteiger partial charge in [-0.1, -0.05) is 6.07 Å². The smallest absolute Gasteiger partial charge is 0.250 e. The molecule has 3 aromatic heterocycles. The van der Waals surface area contributed by atoms with Crippen LogP contribution in [0.5, 0.6) is 0 Å². The summed E-state index contributed by atoms with van der Waals surface area (Å²) in [6, 6.07) is 5.61. The van der Waals surface area contributed by atoms with E-state index in [1.54, 1.807) is 11.6 Å². The number of amides is 1. The van der Waals surface area contributed by atoms with E-state index in [9.17, 15) is 4.79 Å². The number of ether oxygens (including phenoxy) is 1. The summed E-state index contributed by atoms with van der Waals surface area (Å²) in [4.78, 5) is 28.2. The molecule has 7 nitrogen and oxygen atoms in total. The van der Waals surface area contributed by atoms with Crippen LogP contribution < -0.4 is 10.6 Å². The van der Waals surface area contributed by atoms with E-state index >= 15 is 0 Å². The van der Waals surface area contributed by atoms with Crippen LogP contribution in [0.3, 0.4) is 0 Å². The lowest BCUT2D eigenvalue weighted by molar-refractivity contribution is 0.100. The Morgan fingerprint density at radius 1 is 1.25 bits per heavy atom. The van der Waals surface area contributed by atoms with Crippen LogP contribution in [0.25, 0.3) is 21.7 Å². The summed E-state index contributed by atoms with van der Waals surface area (Å²) < 4.78 is 5.42. The molecule has 1 aliphatic rings. The van der Waals surface area contributed by atoms with Gasteiger partial charge in [0.25, 0.3) is 0 Å². The molecule has 24 heavy (non-hydrogen) atoms. The van der Waals surface area contributed by atoms with E-state index in [4.69, 9.17) is 15.5 Å². The fourth-order valence-corrected chi connectivity index (χ4v) is 3.64. The van der Waals surface area contributed by atoms with Crippen LogP contribution >= 0.6 is 11.3 Å². The van der Waals surface area contributed by atoms with Crippen molar-refractivity contribution in [2.45, 2.75) is 0 Å². The van der Waals surface area contributed by atoms with Crippen LogP contribution in [0.2, 0.25) is 0 Å². The van der Waals surface area contributed by atoms with E-state index in [-0.39, 0.29) is 0 Å². The van der Waals surface area contributed by atoms with Crippen molar-refractivity contribution in [2.75, 3.05) is 31.2 Å². The Labute approximate surface area is 142 Å². The van der Waals surface area contributed by atoms with E-state index in [1.807, 2.05) is 18.2 Å². The van der Waals surface area contributed by atoms with Crippen LogP contribution in [0.15, 0.2) is 29.8 Å². The normalized spacial score (nSPS) is 14.9. The summed E-state index contributed by atoms with van der Waals surface area (Å²) in [5.74, 6) is 0.798. The number of pyridine rings is 1. The molecule has 0 spiro atoms. The maximum atomic E-state index is 11.8. The minimum atomic E-state index is -0.468. The number of hydrogen-bond donors (Lipinski definition) is 1. The maximum Gasteiger partial charge on any atom is 0.250 e. The molecule has 0 radical (unpaired) electrons. The lowest BCUT2D eigenvalue weighted by atomic mass is 10.2. The average Bonchev–Trinajstić information content (AvgIpc) is 3.07. The molecule has 2 N–H and O–H groups in total. The van der Waals surface area contributed by atoms with Gasteiger partial charge < -0.3 is 15.4 Å². The number of carbonyl (C=O) groups excluding carboxylic acids is 1. The van der Waals surface area contributed by atoms with Crippen molar-refractivity contribution in [1.82, 2.24) is 15.0 Å². The first-order valence-corrected chi connectivity index (χ1v) is 8.45.